The molecule has 0 N–H and O–H groups in total. The van der Waals surface area contributed by atoms with Crippen molar-refractivity contribution >= 4 is 17.9 Å². The number of hydrogen-bond acceptors (Lipinski definition) is 6. The lowest BCUT2D eigenvalue weighted by atomic mass is 10.0. The molecule has 0 aromatic rings. The number of carbonyl (C=O) groups excluding carboxylic acids is 3. The first-order valence-electron chi connectivity index (χ1n) is 36.0. The maximum Gasteiger partial charge on any atom is 0.306 e. The molecule has 0 aliphatic carbocycles. The molecule has 0 aliphatic rings. The fourth-order valence-electron chi connectivity index (χ4n) is 11.5. The molecule has 6 heteroatoms. The maximum absolute atomic E-state index is 12.9. The van der Waals surface area contributed by atoms with Gasteiger partial charge < -0.3 is 14.2 Å². The highest BCUT2D eigenvalue weighted by molar-refractivity contribution is 5.71. The summed E-state index contributed by atoms with van der Waals surface area (Å²) in [6.07, 6.45) is 79.9. The fraction of sp³-hybridized carbons (Fsp3) is 0.958. The van der Waals surface area contributed by atoms with Gasteiger partial charge in [0.15, 0.2) is 6.10 Å². The lowest BCUT2D eigenvalue weighted by molar-refractivity contribution is -0.167. The summed E-state index contributed by atoms with van der Waals surface area (Å²) >= 11 is 0. The second-order valence-electron chi connectivity index (χ2n) is 24.9. The molecule has 1 unspecified atom stereocenters. The Balaban J connectivity index is 4.18. The Kier molecular flexibility index (Phi) is 66.5. The summed E-state index contributed by atoms with van der Waals surface area (Å²) in [6, 6.07) is 0. The van der Waals surface area contributed by atoms with Gasteiger partial charge in [0, 0.05) is 19.3 Å². The van der Waals surface area contributed by atoms with Crippen molar-refractivity contribution in [3.8, 4) is 0 Å². The van der Waals surface area contributed by atoms with Gasteiger partial charge in [-0.05, 0) is 19.3 Å². The van der Waals surface area contributed by atoms with Crippen LogP contribution in [0.4, 0.5) is 0 Å². The van der Waals surface area contributed by atoms with Crippen molar-refractivity contribution < 1.29 is 28.6 Å². The third-order valence-corrected chi connectivity index (χ3v) is 16.9. The van der Waals surface area contributed by atoms with E-state index in [4.69, 9.17) is 14.2 Å². The highest BCUT2D eigenvalue weighted by Gasteiger charge is 2.20. The van der Waals surface area contributed by atoms with Gasteiger partial charge in [0.2, 0.25) is 0 Å². The van der Waals surface area contributed by atoms with Crippen LogP contribution in [0.25, 0.3) is 0 Å². The largest absolute Gasteiger partial charge is 0.462 e. The van der Waals surface area contributed by atoms with Gasteiger partial charge in [0.1, 0.15) is 13.2 Å². The third kappa shape index (κ3) is 65.2. The van der Waals surface area contributed by atoms with Crippen LogP contribution in [-0.4, -0.2) is 37.2 Å². The lowest BCUT2D eigenvalue weighted by Crippen LogP contribution is -2.30. The topological polar surface area (TPSA) is 78.9 Å². The standard InChI is InChI=1S/C72H140O6/c1-4-7-10-13-16-19-22-25-28-31-32-33-34-35-36-37-38-39-40-42-44-47-50-53-56-59-62-65-71(74)77-68-69(67-76-70(73)64-61-58-55-52-49-46-43-30-27-24-21-18-15-12-9-6-3)78-72(75)66-63-60-57-54-51-48-45-41-29-26-23-20-17-14-11-8-5-2/h69H,4-68H2,1-3H3. The van der Waals surface area contributed by atoms with E-state index in [0.717, 1.165) is 57.8 Å². The highest BCUT2D eigenvalue weighted by Crippen LogP contribution is 2.20. The minimum atomic E-state index is -0.763. The van der Waals surface area contributed by atoms with Crippen molar-refractivity contribution in [2.75, 3.05) is 13.2 Å². The van der Waals surface area contributed by atoms with Gasteiger partial charge in [0.25, 0.3) is 0 Å². The first-order valence-corrected chi connectivity index (χ1v) is 36.0. The SMILES string of the molecule is CCCCCCCCCCCCCCCCCCCCCCCCCCCCCC(=O)OCC(COC(=O)CCCCCCCCCCCCCCCCCC)OC(=O)CCCCCCCCCCCCCCCCCCC. The van der Waals surface area contributed by atoms with E-state index in [0.29, 0.717) is 19.3 Å². The molecule has 0 fully saturated rings. The van der Waals surface area contributed by atoms with Gasteiger partial charge in [-0.15, -0.1) is 0 Å². The average Bonchev–Trinajstić information content (AvgIpc) is 3.44. The molecule has 0 radical (unpaired) electrons. The molecule has 0 aromatic heterocycles. The zero-order valence-electron chi connectivity index (χ0n) is 53.5. The Bertz CT molecular complexity index is 1170. The summed E-state index contributed by atoms with van der Waals surface area (Å²) in [6.45, 7) is 6.75. The van der Waals surface area contributed by atoms with Crippen molar-refractivity contribution in [2.45, 2.75) is 431 Å². The first-order chi connectivity index (χ1) is 38.5. The molecule has 0 spiro atoms. The van der Waals surface area contributed by atoms with Crippen LogP contribution in [0.2, 0.25) is 0 Å². The smallest absolute Gasteiger partial charge is 0.306 e. The van der Waals surface area contributed by atoms with Crippen LogP contribution in [0, 0.1) is 0 Å². The second kappa shape index (κ2) is 67.9. The predicted molar refractivity (Wildman–Crippen MR) is 340 cm³/mol. The summed E-state index contributed by atoms with van der Waals surface area (Å²) in [7, 11) is 0. The highest BCUT2D eigenvalue weighted by atomic mass is 16.6. The average molecular weight is 1100 g/mol. The van der Waals surface area contributed by atoms with Gasteiger partial charge in [-0.3, -0.25) is 14.4 Å². The van der Waals surface area contributed by atoms with E-state index in [9.17, 15) is 14.4 Å². The van der Waals surface area contributed by atoms with Crippen LogP contribution in [0.5, 0.6) is 0 Å². The van der Waals surface area contributed by atoms with Crippen LogP contribution < -0.4 is 0 Å². The quantitative estimate of drug-likeness (QED) is 0.0343. The van der Waals surface area contributed by atoms with Crippen LogP contribution >= 0.6 is 0 Å². The summed E-state index contributed by atoms with van der Waals surface area (Å²) in [5.74, 6) is -0.818. The molecule has 0 saturated heterocycles. The van der Waals surface area contributed by atoms with Crippen molar-refractivity contribution in [1.82, 2.24) is 0 Å². The van der Waals surface area contributed by atoms with E-state index in [1.165, 1.54) is 327 Å². The molecule has 0 aliphatic heterocycles. The zero-order chi connectivity index (χ0) is 56.4. The third-order valence-electron chi connectivity index (χ3n) is 16.9. The van der Waals surface area contributed by atoms with Crippen LogP contribution in [0.15, 0.2) is 0 Å². The number of esters is 3. The van der Waals surface area contributed by atoms with E-state index in [1.807, 2.05) is 0 Å². The molecule has 0 saturated carbocycles. The molecule has 0 aromatic carbocycles. The Labute approximate surface area is 488 Å². The number of carbonyl (C=O) groups is 3. The molecule has 464 valence electrons. The summed E-state index contributed by atoms with van der Waals surface area (Å²) in [5, 5.41) is 0. The van der Waals surface area contributed by atoms with E-state index < -0.39 is 6.10 Å². The van der Waals surface area contributed by atoms with Gasteiger partial charge >= 0.3 is 17.9 Å². The summed E-state index contributed by atoms with van der Waals surface area (Å²) in [4.78, 5) is 38.4. The monoisotopic (exact) mass is 1100 g/mol. The minimum Gasteiger partial charge on any atom is -0.462 e. The molecule has 0 bridgehead atoms. The number of hydrogen-bond donors (Lipinski definition) is 0. The maximum atomic E-state index is 12.9. The van der Waals surface area contributed by atoms with Gasteiger partial charge in [-0.2, -0.15) is 0 Å². The molecule has 0 rings (SSSR count). The van der Waals surface area contributed by atoms with Crippen LogP contribution in [0.1, 0.15) is 425 Å². The molecular weight excluding hydrogens is 961 g/mol. The molecule has 78 heavy (non-hydrogen) atoms. The van der Waals surface area contributed by atoms with Crippen molar-refractivity contribution in [3.05, 3.63) is 0 Å². The van der Waals surface area contributed by atoms with Crippen LogP contribution in [0.3, 0.4) is 0 Å². The fourth-order valence-corrected chi connectivity index (χ4v) is 11.5. The van der Waals surface area contributed by atoms with Crippen molar-refractivity contribution in [2.24, 2.45) is 0 Å². The van der Waals surface area contributed by atoms with E-state index in [-0.39, 0.29) is 31.1 Å². The van der Waals surface area contributed by atoms with Gasteiger partial charge in [-0.25, -0.2) is 0 Å². The molecule has 6 nitrogen and oxygen atoms in total. The normalized spacial score (nSPS) is 11.9. The number of unbranched alkanes of at least 4 members (excludes halogenated alkanes) is 57. The lowest BCUT2D eigenvalue weighted by Gasteiger charge is -2.18. The van der Waals surface area contributed by atoms with E-state index in [2.05, 4.69) is 20.8 Å². The van der Waals surface area contributed by atoms with Crippen molar-refractivity contribution in [1.29, 1.82) is 0 Å². The Hall–Kier alpha value is -1.59. The first kappa shape index (κ1) is 76.4. The number of rotatable bonds is 68. The van der Waals surface area contributed by atoms with Gasteiger partial charge in [-0.1, -0.05) is 387 Å². The molecule has 1 atom stereocenters. The minimum absolute atomic E-state index is 0.0601. The predicted octanol–water partition coefficient (Wildman–Crippen LogP) is 24.6. The van der Waals surface area contributed by atoms with E-state index >= 15 is 0 Å². The summed E-state index contributed by atoms with van der Waals surface area (Å²) < 4.78 is 17.0. The molecule has 0 heterocycles. The second-order valence-corrected chi connectivity index (χ2v) is 24.9. The Morgan fingerprint density at radius 2 is 0.346 bits per heavy atom. The van der Waals surface area contributed by atoms with E-state index in [1.54, 1.807) is 0 Å². The zero-order valence-corrected chi connectivity index (χ0v) is 53.5. The van der Waals surface area contributed by atoms with Crippen molar-refractivity contribution in [3.63, 3.8) is 0 Å². The van der Waals surface area contributed by atoms with Crippen LogP contribution in [-0.2, 0) is 28.6 Å². The summed E-state index contributed by atoms with van der Waals surface area (Å²) in [5.41, 5.74) is 0. The molecule has 0 amide bonds. The Morgan fingerprint density at radius 3 is 0.513 bits per heavy atom. The Morgan fingerprint density at radius 1 is 0.205 bits per heavy atom. The number of ether oxygens (including phenoxy) is 3. The molecular formula is C72H140O6. The van der Waals surface area contributed by atoms with Gasteiger partial charge in [0.05, 0.1) is 0 Å².